The number of aryl methyl sites for hydroxylation is 1. The number of carbonyl (C=O) groups excluding carboxylic acids is 1. The van der Waals surface area contributed by atoms with Gasteiger partial charge < -0.3 is 4.90 Å². The number of hydrogen-bond acceptors (Lipinski definition) is 3. The van der Waals surface area contributed by atoms with Crippen LogP contribution in [-0.2, 0) is 27.7 Å². The normalized spacial score (nSPS) is 28.4. The lowest BCUT2D eigenvalue weighted by Gasteiger charge is -2.53. The average molecular weight is 509 g/mol. The van der Waals surface area contributed by atoms with Crippen LogP contribution in [0.3, 0.4) is 0 Å². The molecule has 1 spiro atoms. The third-order valence-corrected chi connectivity index (χ3v) is 10.5. The molecular weight excluding hydrogens is 468 g/mol. The van der Waals surface area contributed by atoms with Crippen LogP contribution in [0, 0.1) is 11.8 Å². The van der Waals surface area contributed by atoms with Crippen molar-refractivity contribution in [3.63, 3.8) is 0 Å². The molecule has 2 aliphatic heterocycles. The van der Waals surface area contributed by atoms with Gasteiger partial charge in [0.1, 0.15) is 0 Å². The minimum absolute atomic E-state index is 0.101. The van der Waals surface area contributed by atoms with E-state index < -0.39 is 10.0 Å². The van der Waals surface area contributed by atoms with Crippen molar-refractivity contribution in [2.24, 2.45) is 11.8 Å². The zero-order chi connectivity index (χ0) is 25.2. The lowest BCUT2D eigenvalue weighted by molar-refractivity contribution is -0.138. The number of nitrogens with zero attached hydrogens (tertiary/aromatic N) is 1. The van der Waals surface area contributed by atoms with Crippen molar-refractivity contribution in [1.82, 2.24) is 9.62 Å². The summed E-state index contributed by atoms with van der Waals surface area (Å²) in [5.41, 5.74) is 2.32. The summed E-state index contributed by atoms with van der Waals surface area (Å²) < 4.78 is 30.3. The molecule has 2 aromatic carbocycles. The molecule has 2 saturated heterocycles. The maximum absolute atomic E-state index is 13.6. The van der Waals surface area contributed by atoms with E-state index >= 15 is 0 Å². The summed E-state index contributed by atoms with van der Waals surface area (Å²) in [5.74, 6) is 0.770. The predicted molar refractivity (Wildman–Crippen MR) is 143 cm³/mol. The van der Waals surface area contributed by atoms with Crippen LogP contribution < -0.4 is 4.72 Å². The number of unbranched alkanes of at least 4 members (excludes halogenated alkanes) is 1. The van der Waals surface area contributed by atoms with Crippen molar-refractivity contribution < 1.29 is 13.2 Å². The van der Waals surface area contributed by atoms with E-state index in [1.165, 1.54) is 11.1 Å². The first kappa shape index (κ1) is 25.5. The predicted octanol–water partition coefficient (Wildman–Crippen LogP) is 5.49. The van der Waals surface area contributed by atoms with E-state index in [1.807, 2.05) is 18.2 Å². The van der Waals surface area contributed by atoms with Gasteiger partial charge >= 0.3 is 0 Å². The molecule has 1 amide bonds. The summed E-state index contributed by atoms with van der Waals surface area (Å²) in [6, 6.07) is 17.7. The van der Waals surface area contributed by atoms with Crippen LogP contribution in [0.2, 0.25) is 0 Å². The monoisotopic (exact) mass is 508 g/mol. The highest BCUT2D eigenvalue weighted by Crippen LogP contribution is 2.52. The molecule has 1 aliphatic carbocycles. The second kappa shape index (κ2) is 10.7. The summed E-state index contributed by atoms with van der Waals surface area (Å²) in [7, 11) is -3.64. The van der Waals surface area contributed by atoms with Gasteiger partial charge in [-0.2, -0.15) is 0 Å². The highest BCUT2D eigenvalue weighted by molar-refractivity contribution is 7.89. The number of rotatable bonds is 8. The van der Waals surface area contributed by atoms with Crippen LogP contribution in [-0.4, -0.2) is 37.4 Å². The fraction of sp³-hybridized carbons (Fsp3) is 0.567. The van der Waals surface area contributed by atoms with Gasteiger partial charge in [0.15, 0.2) is 0 Å². The lowest BCUT2D eigenvalue weighted by Crippen LogP contribution is -2.60. The number of hydrogen-bond donors (Lipinski definition) is 1. The SMILES string of the molecule is CCCCc1ccc(S(=O)(=O)N[C@H]2CC[C@@]34CCCN3C(=O)CCC[C@H]4[C@H]2Cc2ccccc2)cc1. The van der Waals surface area contributed by atoms with Crippen LogP contribution in [0.15, 0.2) is 59.5 Å². The fourth-order valence-electron chi connectivity index (χ4n) is 7.29. The Hall–Kier alpha value is -2.18. The zero-order valence-corrected chi connectivity index (χ0v) is 22.3. The lowest BCUT2D eigenvalue weighted by atomic mass is 9.61. The maximum atomic E-state index is 13.6. The summed E-state index contributed by atoms with van der Waals surface area (Å²) in [4.78, 5) is 15.6. The van der Waals surface area contributed by atoms with Gasteiger partial charge in [-0.05, 0) is 92.9 Å². The van der Waals surface area contributed by atoms with Gasteiger partial charge in [0.25, 0.3) is 0 Å². The van der Waals surface area contributed by atoms with Gasteiger partial charge in [0.2, 0.25) is 15.9 Å². The summed E-state index contributed by atoms with van der Waals surface area (Å²) >= 11 is 0. The molecule has 0 unspecified atom stereocenters. The molecule has 4 atom stereocenters. The molecule has 5 nitrogen and oxygen atoms in total. The topological polar surface area (TPSA) is 66.5 Å². The quantitative estimate of drug-likeness (QED) is 0.513. The minimum Gasteiger partial charge on any atom is -0.337 e. The zero-order valence-electron chi connectivity index (χ0n) is 21.5. The highest BCUT2D eigenvalue weighted by Gasteiger charge is 2.56. The highest BCUT2D eigenvalue weighted by atomic mass is 32.2. The third kappa shape index (κ3) is 4.99. The second-order valence-electron chi connectivity index (χ2n) is 11.1. The van der Waals surface area contributed by atoms with Crippen LogP contribution in [0.4, 0.5) is 0 Å². The molecule has 2 aromatic rings. The van der Waals surface area contributed by atoms with Gasteiger partial charge in [-0.15, -0.1) is 0 Å². The number of benzene rings is 2. The number of amides is 1. The molecule has 1 saturated carbocycles. The van der Waals surface area contributed by atoms with E-state index in [4.69, 9.17) is 0 Å². The molecule has 36 heavy (non-hydrogen) atoms. The van der Waals surface area contributed by atoms with E-state index in [2.05, 4.69) is 40.8 Å². The van der Waals surface area contributed by atoms with E-state index in [9.17, 15) is 13.2 Å². The fourth-order valence-corrected chi connectivity index (χ4v) is 8.62. The molecule has 6 heteroatoms. The van der Waals surface area contributed by atoms with Gasteiger partial charge in [-0.3, -0.25) is 4.79 Å². The van der Waals surface area contributed by atoms with Crippen molar-refractivity contribution in [2.45, 2.75) is 94.0 Å². The molecular formula is C30H40N2O3S. The smallest absolute Gasteiger partial charge is 0.240 e. The van der Waals surface area contributed by atoms with Crippen molar-refractivity contribution in [3.8, 4) is 0 Å². The molecule has 5 rings (SSSR count). The third-order valence-electron chi connectivity index (χ3n) is 9.02. The Morgan fingerprint density at radius 1 is 0.972 bits per heavy atom. The van der Waals surface area contributed by atoms with E-state index in [0.29, 0.717) is 23.1 Å². The van der Waals surface area contributed by atoms with Gasteiger partial charge in [-0.25, -0.2) is 13.1 Å². The summed E-state index contributed by atoms with van der Waals surface area (Å²) in [5, 5.41) is 0. The second-order valence-corrected chi connectivity index (χ2v) is 12.8. The molecule has 194 valence electrons. The molecule has 2 heterocycles. The molecule has 3 fully saturated rings. The Kier molecular flexibility index (Phi) is 7.55. The molecule has 1 N–H and O–H groups in total. The number of sulfonamides is 1. The van der Waals surface area contributed by atoms with Crippen molar-refractivity contribution in [1.29, 1.82) is 0 Å². The molecule has 0 radical (unpaired) electrons. The molecule has 0 aromatic heterocycles. The summed E-state index contributed by atoms with van der Waals surface area (Å²) in [6.45, 7) is 3.02. The molecule has 3 aliphatic rings. The first-order valence-corrected chi connectivity index (χ1v) is 15.4. The standard InChI is InChI=1S/C30H40N2O3S/c1-2-3-9-23-14-16-25(17-15-23)36(34,35)31-28-18-20-30-19-8-21-32(30)29(33)13-7-12-27(30)26(28)22-24-10-5-4-6-11-24/h4-6,10-11,14-17,26-28,31H,2-3,7-9,12-13,18-22H2,1H3/t26-,27+,28+,30-/m1/s1. The van der Waals surface area contributed by atoms with Gasteiger partial charge in [0.05, 0.1) is 4.90 Å². The Bertz CT molecular complexity index is 1150. The van der Waals surface area contributed by atoms with Crippen molar-refractivity contribution >= 4 is 15.9 Å². The van der Waals surface area contributed by atoms with Crippen molar-refractivity contribution in [3.05, 3.63) is 65.7 Å². The van der Waals surface area contributed by atoms with E-state index in [-0.39, 0.29) is 17.5 Å². The number of carbonyl (C=O) groups is 1. The van der Waals surface area contributed by atoms with Crippen LogP contribution in [0.25, 0.3) is 0 Å². The van der Waals surface area contributed by atoms with Crippen molar-refractivity contribution in [2.75, 3.05) is 6.54 Å². The largest absolute Gasteiger partial charge is 0.337 e. The molecule has 0 bridgehead atoms. The first-order chi connectivity index (χ1) is 17.4. The van der Waals surface area contributed by atoms with Gasteiger partial charge in [-0.1, -0.05) is 55.8 Å². The average Bonchev–Trinajstić information content (AvgIpc) is 3.25. The minimum atomic E-state index is -3.64. The Morgan fingerprint density at radius 3 is 2.50 bits per heavy atom. The van der Waals surface area contributed by atoms with E-state index in [0.717, 1.165) is 70.8 Å². The van der Waals surface area contributed by atoms with Gasteiger partial charge in [0, 0.05) is 24.5 Å². The van der Waals surface area contributed by atoms with Crippen LogP contribution in [0.1, 0.15) is 75.8 Å². The Morgan fingerprint density at radius 2 is 1.75 bits per heavy atom. The first-order valence-electron chi connectivity index (χ1n) is 13.9. The number of nitrogens with one attached hydrogen (secondary N) is 1. The summed E-state index contributed by atoms with van der Waals surface area (Å²) in [6.07, 6.45) is 10.3. The maximum Gasteiger partial charge on any atom is 0.240 e. The van der Waals surface area contributed by atoms with E-state index in [1.54, 1.807) is 12.1 Å². The Balaban J connectivity index is 1.43. The Labute approximate surface area is 216 Å². The van der Waals surface area contributed by atoms with Crippen LogP contribution in [0.5, 0.6) is 0 Å². The van der Waals surface area contributed by atoms with Crippen LogP contribution >= 0.6 is 0 Å².